The number of benzene rings is 1. The van der Waals surface area contributed by atoms with Gasteiger partial charge in [0, 0.05) is 19.8 Å². The number of methoxy groups -OCH3 is 1. The number of nitrogen functional groups attached to an aromatic ring is 1. The summed E-state index contributed by atoms with van der Waals surface area (Å²) < 4.78 is 5.20. The summed E-state index contributed by atoms with van der Waals surface area (Å²) in [6, 6.07) is 11.5. The van der Waals surface area contributed by atoms with E-state index < -0.39 is 0 Å². The molecule has 0 saturated heterocycles. The van der Waals surface area contributed by atoms with Crippen LogP contribution in [0.15, 0.2) is 36.5 Å². The second-order valence-electron chi connectivity index (χ2n) is 4.42. The Morgan fingerprint density at radius 2 is 2.20 bits per heavy atom. The van der Waals surface area contributed by atoms with Gasteiger partial charge in [-0.25, -0.2) is 4.98 Å². The molecule has 0 atom stereocenters. The third-order valence-corrected chi connectivity index (χ3v) is 3.01. The van der Waals surface area contributed by atoms with Crippen LogP contribution in [0.4, 0.5) is 11.5 Å². The van der Waals surface area contributed by atoms with Crippen molar-refractivity contribution in [3.8, 4) is 11.8 Å². The molecule has 0 amide bonds. The fourth-order valence-corrected chi connectivity index (χ4v) is 1.98. The van der Waals surface area contributed by atoms with E-state index in [1.807, 2.05) is 36.2 Å². The Hall–Kier alpha value is -2.74. The Morgan fingerprint density at radius 1 is 1.40 bits per heavy atom. The maximum atomic E-state index is 8.99. The molecule has 0 aliphatic carbocycles. The van der Waals surface area contributed by atoms with Crippen LogP contribution in [0, 0.1) is 11.3 Å². The molecule has 20 heavy (non-hydrogen) atoms. The number of nitrogens with zero attached hydrogens (tertiary/aromatic N) is 3. The Balaban J connectivity index is 2.24. The first-order chi connectivity index (χ1) is 9.65. The molecule has 0 aliphatic rings. The lowest BCUT2D eigenvalue weighted by molar-refractivity contribution is 0.414. The van der Waals surface area contributed by atoms with Gasteiger partial charge in [0.2, 0.25) is 0 Å². The zero-order valence-corrected chi connectivity index (χ0v) is 11.5. The molecule has 0 spiro atoms. The fourth-order valence-electron chi connectivity index (χ4n) is 1.98. The van der Waals surface area contributed by atoms with Crippen LogP contribution >= 0.6 is 0 Å². The summed E-state index contributed by atoms with van der Waals surface area (Å²) in [7, 11) is 3.53. The molecule has 102 valence electrons. The lowest BCUT2D eigenvalue weighted by Crippen LogP contribution is -2.19. The van der Waals surface area contributed by atoms with Crippen LogP contribution in [0.1, 0.15) is 11.1 Å². The normalized spacial score (nSPS) is 9.85. The first-order valence-electron chi connectivity index (χ1n) is 6.14. The summed E-state index contributed by atoms with van der Waals surface area (Å²) in [6.45, 7) is 0.628. The van der Waals surface area contributed by atoms with E-state index in [9.17, 15) is 0 Å². The number of aromatic nitrogens is 1. The molecule has 1 heterocycles. The van der Waals surface area contributed by atoms with Gasteiger partial charge in [-0.1, -0.05) is 12.1 Å². The van der Waals surface area contributed by atoms with Gasteiger partial charge in [-0.05, 0) is 23.8 Å². The summed E-state index contributed by atoms with van der Waals surface area (Å²) in [5.41, 5.74) is 7.87. The summed E-state index contributed by atoms with van der Waals surface area (Å²) in [6.07, 6.45) is 1.59. The van der Waals surface area contributed by atoms with Crippen molar-refractivity contribution in [3.05, 3.63) is 47.7 Å². The minimum absolute atomic E-state index is 0.403. The molecule has 0 aliphatic heterocycles. The van der Waals surface area contributed by atoms with Crippen molar-refractivity contribution in [2.24, 2.45) is 0 Å². The van der Waals surface area contributed by atoms with Crippen LogP contribution < -0.4 is 15.4 Å². The average molecular weight is 268 g/mol. The van der Waals surface area contributed by atoms with Crippen LogP contribution in [0.5, 0.6) is 5.75 Å². The monoisotopic (exact) mass is 268 g/mol. The standard InChI is InChI=1S/C15H16N4O/c1-19(10-11-4-3-5-13(8-11)20-2)15-14(17)12(9-16)6-7-18-15/h3-8H,10,17H2,1-2H3. The lowest BCUT2D eigenvalue weighted by Gasteiger charge is -2.20. The Morgan fingerprint density at radius 3 is 2.90 bits per heavy atom. The van der Waals surface area contributed by atoms with Crippen LogP contribution in [0.2, 0.25) is 0 Å². The zero-order chi connectivity index (χ0) is 14.5. The van der Waals surface area contributed by atoms with E-state index in [1.54, 1.807) is 19.4 Å². The van der Waals surface area contributed by atoms with E-state index >= 15 is 0 Å². The highest BCUT2D eigenvalue weighted by Crippen LogP contribution is 2.24. The first-order valence-corrected chi connectivity index (χ1v) is 6.14. The number of hydrogen-bond donors (Lipinski definition) is 1. The highest BCUT2D eigenvalue weighted by Gasteiger charge is 2.11. The van der Waals surface area contributed by atoms with Gasteiger partial charge in [0.15, 0.2) is 5.82 Å². The summed E-state index contributed by atoms with van der Waals surface area (Å²) >= 11 is 0. The van der Waals surface area contributed by atoms with Gasteiger partial charge in [0.25, 0.3) is 0 Å². The van der Waals surface area contributed by atoms with E-state index in [1.165, 1.54) is 0 Å². The molecule has 0 fully saturated rings. The van der Waals surface area contributed by atoms with Crippen LogP contribution in [-0.4, -0.2) is 19.1 Å². The molecule has 1 aromatic carbocycles. The van der Waals surface area contributed by atoms with E-state index in [-0.39, 0.29) is 0 Å². The van der Waals surface area contributed by atoms with Crippen molar-refractivity contribution in [2.45, 2.75) is 6.54 Å². The molecule has 0 radical (unpaired) electrons. The Labute approximate surface area is 118 Å². The summed E-state index contributed by atoms with van der Waals surface area (Å²) in [5, 5.41) is 8.99. The molecule has 0 unspecified atom stereocenters. The van der Waals surface area contributed by atoms with Crippen molar-refractivity contribution < 1.29 is 4.74 Å². The fraction of sp³-hybridized carbons (Fsp3) is 0.200. The van der Waals surface area contributed by atoms with Gasteiger partial charge >= 0.3 is 0 Å². The van der Waals surface area contributed by atoms with Crippen molar-refractivity contribution in [2.75, 3.05) is 24.8 Å². The van der Waals surface area contributed by atoms with Gasteiger partial charge in [-0.15, -0.1) is 0 Å². The van der Waals surface area contributed by atoms with E-state index in [2.05, 4.69) is 11.1 Å². The lowest BCUT2D eigenvalue weighted by atomic mass is 10.2. The number of pyridine rings is 1. The van der Waals surface area contributed by atoms with Gasteiger partial charge < -0.3 is 15.4 Å². The second kappa shape index (κ2) is 5.93. The summed E-state index contributed by atoms with van der Waals surface area (Å²) in [5.74, 6) is 1.41. The SMILES string of the molecule is COc1cccc(CN(C)c2nccc(C#N)c2N)c1. The quantitative estimate of drug-likeness (QED) is 0.919. The van der Waals surface area contributed by atoms with Gasteiger partial charge in [0.05, 0.1) is 18.4 Å². The minimum atomic E-state index is 0.403. The highest BCUT2D eigenvalue weighted by molar-refractivity contribution is 5.69. The molecule has 2 N–H and O–H groups in total. The number of rotatable bonds is 4. The van der Waals surface area contributed by atoms with Gasteiger partial charge in [0.1, 0.15) is 11.8 Å². The molecule has 0 bridgehead atoms. The number of nitrogens with two attached hydrogens (primary N) is 1. The molecule has 2 aromatic rings. The molecule has 0 saturated carbocycles. The molecule has 5 nitrogen and oxygen atoms in total. The number of anilines is 2. The van der Waals surface area contributed by atoms with Gasteiger partial charge in [-0.2, -0.15) is 5.26 Å². The van der Waals surface area contributed by atoms with Crippen molar-refractivity contribution in [1.29, 1.82) is 5.26 Å². The first kappa shape index (κ1) is 13.7. The number of nitriles is 1. The maximum absolute atomic E-state index is 8.99. The third-order valence-electron chi connectivity index (χ3n) is 3.01. The van der Waals surface area contributed by atoms with Crippen LogP contribution in [0.3, 0.4) is 0 Å². The highest BCUT2D eigenvalue weighted by atomic mass is 16.5. The predicted molar refractivity (Wildman–Crippen MR) is 78.5 cm³/mol. The zero-order valence-electron chi connectivity index (χ0n) is 11.5. The van der Waals surface area contributed by atoms with E-state index in [4.69, 9.17) is 15.7 Å². The predicted octanol–water partition coefficient (Wildman–Crippen LogP) is 2.18. The molecule has 5 heteroatoms. The number of hydrogen-bond acceptors (Lipinski definition) is 5. The smallest absolute Gasteiger partial charge is 0.153 e. The average Bonchev–Trinajstić information content (AvgIpc) is 2.47. The van der Waals surface area contributed by atoms with Crippen LogP contribution in [0.25, 0.3) is 0 Å². The number of ether oxygens (including phenoxy) is 1. The molecular weight excluding hydrogens is 252 g/mol. The topological polar surface area (TPSA) is 75.2 Å². The molecule has 1 aromatic heterocycles. The minimum Gasteiger partial charge on any atom is -0.497 e. The Kier molecular flexibility index (Phi) is 4.06. The van der Waals surface area contributed by atoms with Crippen molar-refractivity contribution >= 4 is 11.5 Å². The van der Waals surface area contributed by atoms with E-state index in [0.717, 1.165) is 11.3 Å². The summed E-state index contributed by atoms with van der Waals surface area (Å²) in [4.78, 5) is 6.15. The molecule has 2 rings (SSSR count). The van der Waals surface area contributed by atoms with Crippen molar-refractivity contribution in [1.82, 2.24) is 4.98 Å². The Bertz CT molecular complexity index is 649. The molecular formula is C15H16N4O. The second-order valence-corrected chi connectivity index (χ2v) is 4.42. The maximum Gasteiger partial charge on any atom is 0.153 e. The van der Waals surface area contributed by atoms with Crippen molar-refractivity contribution in [3.63, 3.8) is 0 Å². The third kappa shape index (κ3) is 2.81. The van der Waals surface area contributed by atoms with Crippen LogP contribution in [-0.2, 0) is 6.54 Å². The van der Waals surface area contributed by atoms with E-state index in [0.29, 0.717) is 23.6 Å². The largest absolute Gasteiger partial charge is 0.497 e. The van der Waals surface area contributed by atoms with Gasteiger partial charge in [-0.3, -0.25) is 0 Å².